The number of benzene rings is 8. The molecule has 8 aromatic carbocycles. The molecule has 0 bridgehead atoms. The van der Waals surface area contributed by atoms with E-state index < -0.39 is 0 Å². The number of nitrogens with zero attached hydrogens (tertiary/aromatic N) is 4. The van der Waals surface area contributed by atoms with Gasteiger partial charge in [-0.15, -0.1) is 11.3 Å². The molecule has 0 unspecified atom stereocenters. The minimum Gasteiger partial charge on any atom is -0.455 e. The molecule has 0 saturated heterocycles. The van der Waals surface area contributed by atoms with Crippen molar-refractivity contribution >= 4 is 75.3 Å². The highest BCUT2D eigenvalue weighted by atomic mass is 32.1. The molecule has 57 heavy (non-hydrogen) atoms. The fourth-order valence-electron chi connectivity index (χ4n) is 8.38. The zero-order valence-electron chi connectivity index (χ0n) is 30.4. The number of furan rings is 1. The first-order valence-electron chi connectivity index (χ1n) is 19.0. The molecular weight excluding hydrogens is 717 g/mol. The Balaban J connectivity index is 0.986. The van der Waals surface area contributed by atoms with E-state index in [0.29, 0.717) is 17.5 Å². The molecule has 5 nitrogen and oxygen atoms in total. The Bertz CT molecular complexity index is 3420. The number of para-hydroxylation sites is 3. The van der Waals surface area contributed by atoms with Gasteiger partial charge in [-0.1, -0.05) is 121 Å². The van der Waals surface area contributed by atoms with Crippen LogP contribution in [-0.2, 0) is 0 Å². The fourth-order valence-corrected chi connectivity index (χ4v) is 9.44. The second-order valence-corrected chi connectivity index (χ2v) is 15.5. The summed E-state index contributed by atoms with van der Waals surface area (Å²) in [6, 6.07) is 63.8. The summed E-state index contributed by atoms with van der Waals surface area (Å²) in [4.78, 5) is 14.9. The van der Waals surface area contributed by atoms with Crippen molar-refractivity contribution in [2.75, 3.05) is 0 Å². The largest absolute Gasteiger partial charge is 0.455 e. The predicted octanol–water partition coefficient (Wildman–Crippen LogP) is 13.9. The molecule has 266 valence electrons. The Morgan fingerprint density at radius 1 is 0.386 bits per heavy atom. The lowest BCUT2D eigenvalue weighted by molar-refractivity contribution is 0.669. The summed E-state index contributed by atoms with van der Waals surface area (Å²) in [5, 5.41) is 7.05. The van der Waals surface area contributed by atoms with Gasteiger partial charge >= 0.3 is 0 Å². The molecule has 0 aliphatic rings. The maximum atomic E-state index is 6.82. The van der Waals surface area contributed by atoms with Crippen LogP contribution in [0.4, 0.5) is 0 Å². The highest BCUT2D eigenvalue weighted by Gasteiger charge is 2.18. The Kier molecular flexibility index (Phi) is 7.03. The first-order chi connectivity index (χ1) is 28.2. The highest BCUT2D eigenvalue weighted by molar-refractivity contribution is 7.25. The second kappa shape index (κ2) is 12.6. The van der Waals surface area contributed by atoms with E-state index in [1.807, 2.05) is 60.7 Å². The van der Waals surface area contributed by atoms with Crippen molar-refractivity contribution in [3.63, 3.8) is 0 Å². The van der Waals surface area contributed by atoms with Crippen LogP contribution in [0.15, 0.2) is 186 Å². The molecular formula is C51H30N4OS. The molecule has 12 rings (SSSR count). The maximum absolute atomic E-state index is 6.82. The van der Waals surface area contributed by atoms with Crippen LogP contribution in [0.5, 0.6) is 0 Å². The summed E-state index contributed by atoms with van der Waals surface area (Å²) in [5.41, 5.74) is 10.2. The SMILES string of the molecule is c1ccc(-c2nc(-c3ccccc3)nc(-c3ccc4sc5ccc(-c6cccc7c6oc6cc(-n8c9ccccc9c9ccccc98)ccc67)cc5c4c3)n2)cc1. The molecule has 4 aromatic heterocycles. The third-order valence-electron chi connectivity index (χ3n) is 11.1. The minimum atomic E-state index is 0.646. The van der Waals surface area contributed by atoms with Crippen LogP contribution < -0.4 is 0 Å². The molecule has 6 heteroatoms. The van der Waals surface area contributed by atoms with Crippen LogP contribution >= 0.6 is 11.3 Å². The highest BCUT2D eigenvalue weighted by Crippen LogP contribution is 2.42. The van der Waals surface area contributed by atoms with E-state index in [4.69, 9.17) is 19.4 Å². The second-order valence-electron chi connectivity index (χ2n) is 14.4. The summed E-state index contributed by atoms with van der Waals surface area (Å²) in [6.07, 6.45) is 0. The van der Waals surface area contributed by atoms with Crippen LogP contribution in [0.25, 0.3) is 115 Å². The Morgan fingerprint density at radius 2 is 0.930 bits per heavy atom. The van der Waals surface area contributed by atoms with Crippen molar-refractivity contribution in [2.24, 2.45) is 0 Å². The molecule has 0 atom stereocenters. The number of aromatic nitrogens is 4. The monoisotopic (exact) mass is 746 g/mol. The summed E-state index contributed by atoms with van der Waals surface area (Å²) in [7, 11) is 0. The summed E-state index contributed by atoms with van der Waals surface area (Å²) in [5.74, 6) is 1.95. The summed E-state index contributed by atoms with van der Waals surface area (Å²) >= 11 is 1.80. The zero-order valence-corrected chi connectivity index (χ0v) is 31.2. The van der Waals surface area contributed by atoms with Gasteiger partial charge < -0.3 is 8.98 Å². The van der Waals surface area contributed by atoms with Crippen molar-refractivity contribution in [3.05, 3.63) is 182 Å². The zero-order chi connectivity index (χ0) is 37.5. The molecule has 0 fully saturated rings. The number of fused-ring (bicyclic) bond motifs is 9. The van der Waals surface area contributed by atoms with Gasteiger partial charge in [0.05, 0.1) is 11.0 Å². The van der Waals surface area contributed by atoms with Crippen LogP contribution in [0.1, 0.15) is 0 Å². The quantitative estimate of drug-likeness (QED) is 0.176. The van der Waals surface area contributed by atoms with E-state index in [2.05, 4.69) is 126 Å². The molecule has 0 aliphatic heterocycles. The first-order valence-corrected chi connectivity index (χ1v) is 19.8. The lowest BCUT2D eigenvalue weighted by atomic mass is 10.00. The topological polar surface area (TPSA) is 56.7 Å². The van der Waals surface area contributed by atoms with Crippen molar-refractivity contribution in [3.8, 4) is 51.0 Å². The van der Waals surface area contributed by atoms with Gasteiger partial charge in [0.25, 0.3) is 0 Å². The van der Waals surface area contributed by atoms with Crippen LogP contribution in [0.3, 0.4) is 0 Å². The summed E-state index contributed by atoms with van der Waals surface area (Å²) in [6.45, 7) is 0. The number of rotatable bonds is 5. The molecule has 0 aliphatic carbocycles. The van der Waals surface area contributed by atoms with Crippen LogP contribution in [0.2, 0.25) is 0 Å². The molecule has 0 radical (unpaired) electrons. The lowest BCUT2D eigenvalue weighted by Gasteiger charge is -2.08. The normalized spacial score (nSPS) is 11.9. The molecule has 0 amide bonds. The van der Waals surface area contributed by atoms with Gasteiger partial charge in [0.1, 0.15) is 11.2 Å². The first kappa shape index (κ1) is 31.9. The molecule has 12 aromatic rings. The van der Waals surface area contributed by atoms with E-state index in [1.54, 1.807) is 11.3 Å². The average molecular weight is 747 g/mol. The molecule has 0 spiro atoms. The maximum Gasteiger partial charge on any atom is 0.164 e. The van der Waals surface area contributed by atoms with Gasteiger partial charge in [-0.2, -0.15) is 0 Å². The lowest BCUT2D eigenvalue weighted by Crippen LogP contribution is -2.00. The van der Waals surface area contributed by atoms with E-state index in [1.165, 1.54) is 42.0 Å². The van der Waals surface area contributed by atoms with E-state index in [0.717, 1.165) is 55.4 Å². The van der Waals surface area contributed by atoms with Gasteiger partial charge in [0, 0.05) is 75.7 Å². The third kappa shape index (κ3) is 5.12. The Labute approximate surface area is 330 Å². The number of hydrogen-bond acceptors (Lipinski definition) is 5. The van der Waals surface area contributed by atoms with Gasteiger partial charge in [-0.25, -0.2) is 15.0 Å². The fraction of sp³-hybridized carbons (Fsp3) is 0. The molecule has 0 N–H and O–H groups in total. The van der Waals surface area contributed by atoms with Crippen LogP contribution in [-0.4, -0.2) is 19.5 Å². The average Bonchev–Trinajstić information content (AvgIpc) is 3.95. The third-order valence-corrected chi connectivity index (χ3v) is 12.2. The number of hydrogen-bond donors (Lipinski definition) is 0. The van der Waals surface area contributed by atoms with Gasteiger partial charge in [0.2, 0.25) is 0 Å². The number of thiophene rings is 1. The standard InChI is InChI=1S/C51H30N4OS/c1-3-12-31(13-4-1)49-52-50(32-14-5-2-6-15-32)54-51(53-49)34-23-27-47-42(29-34)41-28-33(22-26-46(41)57-47)36-18-11-19-40-39-25-24-35(30-45(39)56-48(36)40)55-43-20-9-7-16-37(43)38-17-8-10-21-44(38)55/h1-30H. The minimum absolute atomic E-state index is 0.646. The molecule has 4 heterocycles. The molecule has 0 saturated carbocycles. The summed E-state index contributed by atoms with van der Waals surface area (Å²) < 4.78 is 11.6. The van der Waals surface area contributed by atoms with Crippen molar-refractivity contribution in [1.82, 2.24) is 19.5 Å². The van der Waals surface area contributed by atoms with Crippen molar-refractivity contribution in [1.29, 1.82) is 0 Å². The van der Waals surface area contributed by atoms with Gasteiger partial charge in [0.15, 0.2) is 17.5 Å². The van der Waals surface area contributed by atoms with Crippen molar-refractivity contribution in [2.45, 2.75) is 0 Å². The Morgan fingerprint density at radius 3 is 1.58 bits per heavy atom. The van der Waals surface area contributed by atoms with Crippen LogP contribution in [0, 0.1) is 0 Å². The van der Waals surface area contributed by atoms with E-state index >= 15 is 0 Å². The van der Waals surface area contributed by atoms with Crippen molar-refractivity contribution < 1.29 is 4.42 Å². The van der Waals surface area contributed by atoms with E-state index in [9.17, 15) is 0 Å². The van der Waals surface area contributed by atoms with E-state index in [-0.39, 0.29) is 0 Å². The Hall–Kier alpha value is -7.41. The van der Waals surface area contributed by atoms with Gasteiger partial charge in [-0.05, 0) is 60.2 Å². The van der Waals surface area contributed by atoms with Gasteiger partial charge in [-0.3, -0.25) is 0 Å². The predicted molar refractivity (Wildman–Crippen MR) is 236 cm³/mol. The smallest absolute Gasteiger partial charge is 0.164 e.